The third-order valence-electron chi connectivity index (χ3n) is 3.49. The quantitative estimate of drug-likeness (QED) is 0.941. The second kappa shape index (κ2) is 5.98. The molecule has 0 unspecified atom stereocenters. The molecule has 3 rings (SSSR count). The van der Waals surface area contributed by atoms with Gasteiger partial charge in [-0.25, -0.2) is 0 Å². The summed E-state index contributed by atoms with van der Waals surface area (Å²) in [4.78, 5) is 15.4. The molecule has 0 radical (unpaired) electrons. The highest BCUT2D eigenvalue weighted by Crippen LogP contribution is 2.23. The number of nitrogens with one attached hydrogen (secondary N) is 1. The van der Waals surface area contributed by atoms with Crippen molar-refractivity contribution in [1.29, 1.82) is 5.26 Å². The summed E-state index contributed by atoms with van der Waals surface area (Å²) in [5, 5.41) is 12.1. The number of carbonyl (C=O) groups is 1. The molecule has 1 aliphatic heterocycles. The number of hydrogen-bond donors (Lipinski definition) is 1. The lowest BCUT2D eigenvalue weighted by Crippen LogP contribution is -2.23. The van der Waals surface area contributed by atoms with Crippen LogP contribution in [-0.2, 0) is 11.3 Å². The van der Waals surface area contributed by atoms with Crippen LogP contribution >= 0.6 is 11.3 Å². The van der Waals surface area contributed by atoms with Gasteiger partial charge in [0.1, 0.15) is 10.9 Å². The summed E-state index contributed by atoms with van der Waals surface area (Å²) in [6, 6.07) is 13.9. The predicted molar refractivity (Wildman–Crippen MR) is 84.4 cm³/mol. The molecule has 1 N–H and O–H groups in total. The van der Waals surface area contributed by atoms with Gasteiger partial charge in [0.05, 0.1) is 0 Å². The number of carbonyl (C=O) groups excluding carboxylic acids is 1. The second-order valence-corrected chi connectivity index (χ2v) is 6.10. The first-order chi connectivity index (χ1) is 10.3. The van der Waals surface area contributed by atoms with Gasteiger partial charge >= 0.3 is 0 Å². The van der Waals surface area contributed by atoms with Crippen molar-refractivity contribution < 1.29 is 4.79 Å². The Kier molecular flexibility index (Phi) is 3.89. The number of nitrogens with zero attached hydrogens (tertiary/aromatic N) is 2. The van der Waals surface area contributed by atoms with Crippen LogP contribution in [0, 0.1) is 11.3 Å². The molecule has 0 atom stereocenters. The van der Waals surface area contributed by atoms with Crippen molar-refractivity contribution in [2.45, 2.75) is 19.4 Å². The van der Waals surface area contributed by atoms with Gasteiger partial charge in [-0.15, -0.1) is 11.3 Å². The van der Waals surface area contributed by atoms with Gasteiger partial charge in [-0.2, -0.15) is 5.26 Å². The summed E-state index contributed by atoms with van der Waals surface area (Å²) >= 11 is 1.50. The molecule has 1 aromatic heterocycles. The Morgan fingerprint density at radius 3 is 2.67 bits per heavy atom. The number of nitriles is 1. The maximum atomic E-state index is 11.7. The summed E-state index contributed by atoms with van der Waals surface area (Å²) in [6.07, 6.45) is 1.60. The monoisotopic (exact) mass is 297 g/mol. The number of hydrogen-bond acceptors (Lipinski definition) is 4. The average Bonchev–Trinajstić information content (AvgIpc) is 3.14. The van der Waals surface area contributed by atoms with Crippen molar-refractivity contribution in [3.63, 3.8) is 0 Å². The third-order valence-corrected chi connectivity index (χ3v) is 4.48. The van der Waals surface area contributed by atoms with Gasteiger partial charge in [-0.05, 0) is 42.8 Å². The molecule has 0 spiro atoms. The summed E-state index contributed by atoms with van der Waals surface area (Å²) in [5.74, 6) is 0.207. The minimum atomic E-state index is 0.207. The Bertz CT molecular complexity index is 684. The van der Waals surface area contributed by atoms with Crippen molar-refractivity contribution >= 4 is 28.6 Å². The molecule has 1 fully saturated rings. The van der Waals surface area contributed by atoms with Gasteiger partial charge in [0.25, 0.3) is 0 Å². The molecule has 1 amide bonds. The van der Waals surface area contributed by atoms with Crippen LogP contribution in [0.25, 0.3) is 0 Å². The van der Waals surface area contributed by atoms with Gasteiger partial charge in [-0.1, -0.05) is 0 Å². The van der Waals surface area contributed by atoms with Gasteiger partial charge in [0.2, 0.25) is 5.91 Å². The smallest absolute Gasteiger partial charge is 0.227 e. The van der Waals surface area contributed by atoms with E-state index in [1.54, 1.807) is 0 Å². The maximum Gasteiger partial charge on any atom is 0.227 e. The minimum absolute atomic E-state index is 0.207. The first-order valence-corrected chi connectivity index (χ1v) is 7.71. The maximum absolute atomic E-state index is 11.7. The van der Waals surface area contributed by atoms with Crippen molar-refractivity contribution in [3.8, 4) is 6.07 Å². The van der Waals surface area contributed by atoms with Crippen LogP contribution in [0.1, 0.15) is 22.6 Å². The molecular formula is C16H15N3OS. The zero-order chi connectivity index (χ0) is 14.7. The molecule has 21 heavy (non-hydrogen) atoms. The summed E-state index contributed by atoms with van der Waals surface area (Å²) in [5.41, 5.74) is 1.98. The van der Waals surface area contributed by atoms with E-state index in [4.69, 9.17) is 5.26 Å². The van der Waals surface area contributed by atoms with Crippen molar-refractivity contribution in [2.24, 2.45) is 0 Å². The molecule has 5 heteroatoms. The molecule has 4 nitrogen and oxygen atoms in total. The number of rotatable bonds is 4. The molecule has 106 valence electrons. The van der Waals surface area contributed by atoms with Gasteiger partial charge in [0.15, 0.2) is 0 Å². The molecule has 2 heterocycles. The van der Waals surface area contributed by atoms with Crippen LogP contribution in [0.4, 0.5) is 11.4 Å². The molecule has 0 saturated carbocycles. The fourth-order valence-corrected chi connectivity index (χ4v) is 3.15. The molecule has 1 aromatic carbocycles. The fraction of sp³-hybridized carbons (Fsp3) is 0.250. The average molecular weight is 297 g/mol. The van der Waals surface area contributed by atoms with Crippen molar-refractivity contribution in [3.05, 3.63) is 46.2 Å². The lowest BCUT2D eigenvalue weighted by atomic mass is 10.2. The van der Waals surface area contributed by atoms with Crippen LogP contribution in [0.3, 0.4) is 0 Å². The van der Waals surface area contributed by atoms with Gasteiger partial charge in [-0.3, -0.25) is 4.79 Å². The lowest BCUT2D eigenvalue weighted by molar-refractivity contribution is -0.117. The second-order valence-electron chi connectivity index (χ2n) is 4.93. The largest absolute Gasteiger partial charge is 0.380 e. The Morgan fingerprint density at radius 2 is 2.05 bits per heavy atom. The van der Waals surface area contributed by atoms with E-state index < -0.39 is 0 Å². The van der Waals surface area contributed by atoms with E-state index in [2.05, 4.69) is 11.4 Å². The van der Waals surface area contributed by atoms with E-state index in [1.165, 1.54) is 11.3 Å². The summed E-state index contributed by atoms with van der Waals surface area (Å²) in [7, 11) is 0. The van der Waals surface area contributed by atoms with E-state index in [0.29, 0.717) is 13.0 Å². The van der Waals surface area contributed by atoms with E-state index in [9.17, 15) is 4.79 Å². The normalized spacial score (nSPS) is 14.2. The third kappa shape index (κ3) is 3.06. The van der Waals surface area contributed by atoms with Gasteiger partial charge < -0.3 is 10.2 Å². The summed E-state index contributed by atoms with van der Waals surface area (Å²) in [6.45, 7) is 1.52. The molecule has 0 bridgehead atoms. The lowest BCUT2D eigenvalue weighted by Gasteiger charge is -2.16. The highest BCUT2D eigenvalue weighted by molar-refractivity contribution is 7.12. The Morgan fingerprint density at radius 1 is 1.24 bits per heavy atom. The summed E-state index contributed by atoms with van der Waals surface area (Å²) < 4.78 is 0. The topological polar surface area (TPSA) is 56.1 Å². The number of thiophene rings is 1. The first-order valence-electron chi connectivity index (χ1n) is 6.89. The van der Waals surface area contributed by atoms with Crippen LogP contribution < -0.4 is 10.2 Å². The van der Waals surface area contributed by atoms with Crippen LogP contribution in [-0.4, -0.2) is 12.5 Å². The van der Waals surface area contributed by atoms with Crippen molar-refractivity contribution in [1.82, 2.24) is 0 Å². The Labute approximate surface area is 127 Å². The van der Waals surface area contributed by atoms with E-state index >= 15 is 0 Å². The zero-order valence-electron chi connectivity index (χ0n) is 11.5. The molecule has 1 saturated heterocycles. The standard InChI is InChI=1S/C16H15N3OS/c17-10-14-7-8-15(21-14)11-18-12-3-5-13(6-4-12)19-9-1-2-16(19)20/h3-8,18H,1-2,9,11H2. The van der Waals surface area contributed by atoms with Crippen LogP contribution in [0.15, 0.2) is 36.4 Å². The first kappa shape index (κ1) is 13.7. The van der Waals surface area contributed by atoms with Crippen molar-refractivity contribution in [2.75, 3.05) is 16.8 Å². The van der Waals surface area contributed by atoms with E-state index in [0.717, 1.165) is 34.1 Å². The number of anilines is 2. The van der Waals surface area contributed by atoms with E-state index in [-0.39, 0.29) is 5.91 Å². The fourth-order valence-electron chi connectivity index (χ4n) is 2.40. The number of benzene rings is 1. The molecule has 2 aromatic rings. The predicted octanol–water partition coefficient (Wildman–Crippen LogP) is 3.36. The Balaban J connectivity index is 1.62. The zero-order valence-corrected chi connectivity index (χ0v) is 12.3. The molecule has 0 aliphatic carbocycles. The minimum Gasteiger partial charge on any atom is -0.380 e. The number of amides is 1. The van der Waals surface area contributed by atoms with E-state index in [1.807, 2.05) is 41.3 Å². The molecular weight excluding hydrogens is 282 g/mol. The highest BCUT2D eigenvalue weighted by atomic mass is 32.1. The van der Waals surface area contributed by atoms with Crippen LogP contribution in [0.2, 0.25) is 0 Å². The highest BCUT2D eigenvalue weighted by Gasteiger charge is 2.21. The molecule has 1 aliphatic rings. The SMILES string of the molecule is N#Cc1ccc(CNc2ccc(N3CCCC3=O)cc2)s1. The van der Waals surface area contributed by atoms with Crippen LogP contribution in [0.5, 0.6) is 0 Å². The Hall–Kier alpha value is -2.32. The van der Waals surface area contributed by atoms with Gasteiger partial charge in [0, 0.05) is 35.8 Å².